The van der Waals surface area contributed by atoms with Crippen molar-refractivity contribution in [1.82, 2.24) is 10.2 Å². The molecule has 0 bridgehead atoms. The van der Waals surface area contributed by atoms with Crippen LogP contribution < -0.4 is 5.32 Å². The molecule has 2 heterocycles. The quantitative estimate of drug-likeness (QED) is 0.661. The van der Waals surface area contributed by atoms with Gasteiger partial charge in [-0.3, -0.25) is 10.1 Å². The number of thioether (sulfide) groups is 1. The number of nitrogens with one attached hydrogen (secondary N) is 1. The lowest BCUT2D eigenvalue weighted by molar-refractivity contribution is -0.115. The van der Waals surface area contributed by atoms with Crippen molar-refractivity contribution in [2.45, 2.75) is 0 Å². The highest BCUT2D eigenvalue weighted by Gasteiger charge is 2.14. The predicted molar refractivity (Wildman–Crippen MR) is 77.4 cm³/mol. The third kappa shape index (κ3) is 3.89. The number of amides is 1. The maximum absolute atomic E-state index is 11.6. The molecule has 96 valence electrons. The number of carbonyl (C=O) groups excluding carboxylic acids is 1. The van der Waals surface area contributed by atoms with E-state index in [9.17, 15) is 4.79 Å². The molecule has 0 radical (unpaired) electrons. The van der Waals surface area contributed by atoms with E-state index in [1.165, 1.54) is 6.08 Å². The third-order valence-corrected chi connectivity index (χ3v) is 3.77. The number of nitrogens with zero attached hydrogens (tertiary/aromatic N) is 1. The molecule has 4 nitrogen and oxygen atoms in total. The van der Waals surface area contributed by atoms with Crippen molar-refractivity contribution in [3.05, 3.63) is 30.2 Å². The largest absolute Gasteiger partial charge is 0.465 e. The molecule has 2 rings (SSSR count). The van der Waals surface area contributed by atoms with Gasteiger partial charge < -0.3 is 9.32 Å². The third-order valence-electron chi connectivity index (χ3n) is 2.47. The van der Waals surface area contributed by atoms with Crippen LogP contribution in [0.3, 0.4) is 0 Å². The highest BCUT2D eigenvalue weighted by molar-refractivity contribution is 7.99. The molecule has 1 amide bonds. The highest BCUT2D eigenvalue weighted by Crippen LogP contribution is 2.09. The average molecular weight is 282 g/mol. The fourth-order valence-corrected chi connectivity index (χ4v) is 2.72. The minimum atomic E-state index is -0.227. The Hall–Kier alpha value is -1.27. The van der Waals surface area contributed by atoms with Gasteiger partial charge >= 0.3 is 0 Å². The second kappa shape index (κ2) is 6.61. The van der Waals surface area contributed by atoms with E-state index < -0.39 is 0 Å². The number of hydrogen-bond acceptors (Lipinski definition) is 4. The van der Waals surface area contributed by atoms with Gasteiger partial charge in [0.15, 0.2) is 5.11 Å². The van der Waals surface area contributed by atoms with Gasteiger partial charge in [0.05, 0.1) is 6.26 Å². The van der Waals surface area contributed by atoms with Crippen molar-refractivity contribution in [3.63, 3.8) is 0 Å². The lowest BCUT2D eigenvalue weighted by Gasteiger charge is -2.28. The standard InChI is InChI=1S/C12H14N2O2S2/c15-11(4-3-10-2-1-7-16-10)13-12(17)14-5-8-18-9-6-14/h1-4,7H,5-6,8-9H2,(H,13,15,17). The van der Waals surface area contributed by atoms with E-state index >= 15 is 0 Å². The van der Waals surface area contributed by atoms with Gasteiger partial charge in [-0.25, -0.2) is 0 Å². The molecule has 18 heavy (non-hydrogen) atoms. The molecular formula is C12H14N2O2S2. The summed E-state index contributed by atoms with van der Waals surface area (Å²) in [6.45, 7) is 1.79. The first-order valence-corrected chi connectivity index (χ1v) is 7.21. The fraction of sp³-hybridized carbons (Fsp3) is 0.333. The van der Waals surface area contributed by atoms with Gasteiger partial charge in [-0.05, 0) is 30.4 Å². The van der Waals surface area contributed by atoms with Gasteiger partial charge in [-0.15, -0.1) is 0 Å². The Balaban J connectivity index is 1.81. The highest BCUT2D eigenvalue weighted by atomic mass is 32.2. The average Bonchev–Trinajstić information content (AvgIpc) is 2.90. The maximum Gasteiger partial charge on any atom is 0.250 e. The number of hydrogen-bond donors (Lipinski definition) is 1. The molecule has 1 fully saturated rings. The van der Waals surface area contributed by atoms with Gasteiger partial charge in [0.1, 0.15) is 5.76 Å². The first-order valence-electron chi connectivity index (χ1n) is 5.65. The van der Waals surface area contributed by atoms with E-state index in [2.05, 4.69) is 5.32 Å². The van der Waals surface area contributed by atoms with Gasteiger partial charge in [-0.2, -0.15) is 11.8 Å². The van der Waals surface area contributed by atoms with E-state index in [0.717, 1.165) is 24.6 Å². The molecule has 1 aromatic heterocycles. The fourth-order valence-electron chi connectivity index (χ4n) is 1.54. The van der Waals surface area contributed by atoms with Crippen molar-refractivity contribution >= 4 is 41.1 Å². The van der Waals surface area contributed by atoms with Crippen molar-refractivity contribution in [2.75, 3.05) is 24.6 Å². The smallest absolute Gasteiger partial charge is 0.250 e. The Morgan fingerprint density at radius 1 is 1.50 bits per heavy atom. The summed E-state index contributed by atoms with van der Waals surface area (Å²) in [4.78, 5) is 13.7. The van der Waals surface area contributed by atoms with E-state index in [4.69, 9.17) is 16.6 Å². The zero-order valence-electron chi connectivity index (χ0n) is 9.80. The summed E-state index contributed by atoms with van der Waals surface area (Å²) in [5, 5.41) is 3.20. The van der Waals surface area contributed by atoms with Crippen LogP contribution in [0.2, 0.25) is 0 Å². The van der Waals surface area contributed by atoms with Gasteiger partial charge in [0.2, 0.25) is 5.91 Å². The number of carbonyl (C=O) groups is 1. The molecule has 0 aliphatic carbocycles. The molecular weight excluding hydrogens is 268 g/mol. The Kier molecular flexibility index (Phi) is 4.83. The first kappa shape index (κ1) is 13.2. The van der Waals surface area contributed by atoms with E-state index in [0.29, 0.717) is 10.9 Å². The van der Waals surface area contributed by atoms with Crippen LogP contribution in [0.5, 0.6) is 0 Å². The Morgan fingerprint density at radius 3 is 2.94 bits per heavy atom. The molecule has 1 N–H and O–H groups in total. The predicted octanol–water partition coefficient (Wildman–Crippen LogP) is 1.74. The summed E-state index contributed by atoms with van der Waals surface area (Å²) >= 11 is 7.09. The summed E-state index contributed by atoms with van der Waals surface area (Å²) in [7, 11) is 0. The summed E-state index contributed by atoms with van der Waals surface area (Å²) in [6.07, 6.45) is 4.60. The number of rotatable bonds is 2. The molecule has 1 aliphatic rings. The van der Waals surface area contributed by atoms with Crippen LogP contribution in [-0.4, -0.2) is 40.5 Å². The molecule has 0 saturated carbocycles. The molecule has 0 unspecified atom stereocenters. The minimum absolute atomic E-state index is 0.227. The van der Waals surface area contributed by atoms with Gasteiger partial charge in [0, 0.05) is 30.7 Å². The molecule has 0 aromatic carbocycles. The lowest BCUT2D eigenvalue weighted by Crippen LogP contribution is -2.45. The molecule has 0 atom stereocenters. The normalized spacial score (nSPS) is 15.9. The van der Waals surface area contributed by atoms with E-state index in [1.54, 1.807) is 24.5 Å². The summed E-state index contributed by atoms with van der Waals surface area (Å²) < 4.78 is 5.09. The van der Waals surface area contributed by atoms with Crippen LogP contribution in [0.15, 0.2) is 28.9 Å². The SMILES string of the molecule is O=C(C=Cc1ccco1)NC(=S)N1CCSCC1. The topological polar surface area (TPSA) is 45.5 Å². The van der Waals surface area contributed by atoms with E-state index in [-0.39, 0.29) is 5.91 Å². The van der Waals surface area contributed by atoms with Crippen LogP contribution in [0, 0.1) is 0 Å². The van der Waals surface area contributed by atoms with Crippen LogP contribution in [0.1, 0.15) is 5.76 Å². The number of thiocarbonyl (C=S) groups is 1. The summed E-state index contributed by atoms with van der Waals surface area (Å²) in [5.74, 6) is 2.52. The van der Waals surface area contributed by atoms with Crippen LogP contribution in [0.25, 0.3) is 6.08 Å². The lowest BCUT2D eigenvalue weighted by atomic mass is 10.4. The Morgan fingerprint density at radius 2 is 2.28 bits per heavy atom. The van der Waals surface area contributed by atoms with Crippen LogP contribution in [0.4, 0.5) is 0 Å². The molecule has 1 aliphatic heterocycles. The zero-order chi connectivity index (χ0) is 12.8. The van der Waals surface area contributed by atoms with E-state index in [1.807, 2.05) is 16.7 Å². The molecule has 1 saturated heterocycles. The van der Waals surface area contributed by atoms with Gasteiger partial charge in [0.25, 0.3) is 0 Å². The Bertz CT molecular complexity index is 437. The number of furan rings is 1. The molecule has 0 spiro atoms. The second-order valence-corrected chi connectivity index (χ2v) is 5.35. The second-order valence-electron chi connectivity index (χ2n) is 3.74. The van der Waals surface area contributed by atoms with Crippen molar-refractivity contribution in [3.8, 4) is 0 Å². The monoisotopic (exact) mass is 282 g/mol. The molecule has 1 aromatic rings. The maximum atomic E-state index is 11.6. The summed E-state index contributed by atoms with van der Waals surface area (Å²) in [6, 6.07) is 3.55. The van der Waals surface area contributed by atoms with Crippen molar-refractivity contribution < 1.29 is 9.21 Å². The minimum Gasteiger partial charge on any atom is -0.465 e. The molecule has 6 heteroatoms. The first-order chi connectivity index (χ1) is 8.75. The van der Waals surface area contributed by atoms with Crippen molar-refractivity contribution in [2.24, 2.45) is 0 Å². The van der Waals surface area contributed by atoms with Gasteiger partial charge in [-0.1, -0.05) is 0 Å². The zero-order valence-corrected chi connectivity index (χ0v) is 11.4. The van der Waals surface area contributed by atoms with Crippen LogP contribution >= 0.6 is 24.0 Å². The van der Waals surface area contributed by atoms with Crippen LogP contribution in [-0.2, 0) is 4.79 Å². The van der Waals surface area contributed by atoms with Crippen molar-refractivity contribution in [1.29, 1.82) is 0 Å². The summed E-state index contributed by atoms with van der Waals surface area (Å²) in [5.41, 5.74) is 0. The Labute approximate surface area is 115 Å².